The maximum Gasteiger partial charge on any atom is 0.176 e. The van der Waals surface area contributed by atoms with Crippen LogP contribution in [0.2, 0.25) is 0 Å². The van der Waals surface area contributed by atoms with Gasteiger partial charge in [0.25, 0.3) is 0 Å². The fourth-order valence-corrected chi connectivity index (χ4v) is 19.2. The summed E-state index contributed by atoms with van der Waals surface area (Å²) in [6.45, 7) is 13.0. The van der Waals surface area contributed by atoms with Crippen LogP contribution in [0.3, 0.4) is 0 Å². The quantitative estimate of drug-likeness (QED) is 0.0620. The van der Waals surface area contributed by atoms with Gasteiger partial charge in [-0.3, -0.25) is 9.11 Å². The zero-order valence-corrected chi connectivity index (χ0v) is 74.8. The van der Waals surface area contributed by atoms with E-state index in [1.165, 1.54) is 23.0 Å². The van der Waals surface area contributed by atoms with Crippen molar-refractivity contribution in [3.8, 4) is 120 Å². The Bertz CT molecular complexity index is 7320. The summed E-state index contributed by atoms with van der Waals surface area (Å²) in [5.74, 6) is 1.27. The van der Waals surface area contributed by atoms with Gasteiger partial charge in [-0.05, 0) is 206 Å². The molecule has 5 fully saturated rings. The molecular formula is C104H93N17O10S2. The number of rotatable bonds is 18. The molecule has 5 saturated heterocycles. The van der Waals surface area contributed by atoms with Crippen molar-refractivity contribution < 1.29 is 45.8 Å². The number of pyridine rings is 4. The third-order valence-corrected chi connectivity index (χ3v) is 27.0. The van der Waals surface area contributed by atoms with Crippen molar-refractivity contribution in [1.29, 1.82) is 21.0 Å². The van der Waals surface area contributed by atoms with Crippen molar-refractivity contribution in [1.82, 2.24) is 54.6 Å². The van der Waals surface area contributed by atoms with Gasteiger partial charge in [-0.25, -0.2) is 33.0 Å². The molecule has 6 aliphatic rings. The van der Waals surface area contributed by atoms with E-state index in [2.05, 4.69) is 163 Å². The summed E-state index contributed by atoms with van der Waals surface area (Å²) < 4.78 is 77.0. The fraction of sp³-hybridized carbons (Fsp3) is 0.240. The molecule has 0 bridgehead atoms. The lowest BCUT2D eigenvalue weighted by molar-refractivity contribution is -0.0547. The summed E-state index contributed by atoms with van der Waals surface area (Å²) in [5, 5.41) is 46.8. The first-order valence-corrected chi connectivity index (χ1v) is 47.7. The number of H-pyrrole nitrogens is 4. The minimum absolute atomic E-state index is 0.0363. The van der Waals surface area contributed by atoms with Crippen molar-refractivity contribution in [3.63, 3.8) is 0 Å². The summed E-state index contributed by atoms with van der Waals surface area (Å²) in [7, 11) is -4.69. The molecule has 4 N–H and O–H groups in total. The second kappa shape index (κ2) is 39.5. The molecule has 9 aromatic heterocycles. The molecule has 0 aliphatic carbocycles. The van der Waals surface area contributed by atoms with E-state index in [-0.39, 0.29) is 22.7 Å². The number of anilines is 2. The summed E-state index contributed by atoms with van der Waals surface area (Å²) in [4.78, 5) is 39.5. The van der Waals surface area contributed by atoms with Gasteiger partial charge < -0.3 is 62.9 Å². The Kier molecular flexibility index (Phi) is 26.0. The van der Waals surface area contributed by atoms with Crippen LogP contribution < -0.4 is 19.3 Å². The normalized spacial score (nSPS) is 15.8. The molecule has 666 valence electrons. The molecule has 133 heavy (non-hydrogen) atoms. The van der Waals surface area contributed by atoms with Gasteiger partial charge in [0.05, 0.1) is 121 Å². The number of nitrogens with zero attached hydrogens (tertiary/aromatic N) is 13. The molecule has 1 atom stereocenters. The molecule has 6 aliphatic heterocycles. The summed E-state index contributed by atoms with van der Waals surface area (Å²) >= 11 is 0. The van der Waals surface area contributed by atoms with E-state index in [9.17, 15) is 33.7 Å². The van der Waals surface area contributed by atoms with Gasteiger partial charge in [0.1, 0.15) is 70.6 Å². The first-order valence-electron chi connectivity index (χ1n) is 44.2. The Balaban J connectivity index is 0.000000114. The van der Waals surface area contributed by atoms with Crippen LogP contribution in [0, 0.1) is 45.3 Å². The summed E-state index contributed by atoms with van der Waals surface area (Å²) in [6, 6.07) is 74.6. The van der Waals surface area contributed by atoms with E-state index >= 15 is 0 Å². The lowest BCUT2D eigenvalue weighted by Gasteiger charge is -2.34. The molecule has 0 spiro atoms. The van der Waals surface area contributed by atoms with Crippen molar-refractivity contribution in [3.05, 3.63) is 271 Å². The molecule has 16 aromatic rings. The Morgan fingerprint density at radius 3 is 1.19 bits per heavy atom. The Labute approximate surface area is 770 Å². The predicted molar refractivity (Wildman–Crippen MR) is 513 cm³/mol. The second-order valence-corrected chi connectivity index (χ2v) is 36.6. The first-order chi connectivity index (χ1) is 65.1. The SMILES string of the molecule is CS(=O)(=O)c1ccc(-c2ccnc3[nH]c(-c4ccc(N5CCOCC5)cc4)cc23)cc1C#N.CS(=O)c1ccc(-c2ccnc3[nH]c(-c4ccc(N5CCOCC5)cc4)cc23)cc1C#N.N#Cc1cc(-c2ccnc3[nH]c(-c4ccc(-n5cccn5)cc4)cc23)ccc1OC1CCOCC1.N#Cc1cc(-c2ccnc3[nH]c(C4=CCN(C5COC5)C4)cc23)ccc1OC1CCOCC1. The molecule has 1 unspecified atom stereocenters. The van der Waals surface area contributed by atoms with Gasteiger partial charge in [-0.15, -0.1) is 0 Å². The highest BCUT2D eigenvalue weighted by atomic mass is 32.2. The van der Waals surface area contributed by atoms with Crippen LogP contribution in [0.1, 0.15) is 53.6 Å². The monoisotopic (exact) mass is 1800 g/mol. The highest BCUT2D eigenvalue weighted by molar-refractivity contribution is 7.90. The largest absolute Gasteiger partial charge is 0.489 e. The Morgan fingerprint density at radius 2 is 0.797 bits per heavy atom. The second-order valence-electron chi connectivity index (χ2n) is 33.2. The van der Waals surface area contributed by atoms with Gasteiger partial charge in [0.15, 0.2) is 9.84 Å². The standard InChI is InChI=1S/C28H23N5O2.C26H26N4O3.C25H22N4O3S.C25H22N4O2S/c29-18-21-16-20(4-7-27(21)35-23-9-14-34-15-10-23)24-8-12-30-28-25(24)17-26(32-28)19-2-5-22(6-3-19)33-13-1-11-31-33;27-13-19-11-17(1-2-25(19)33-21-5-9-31-10-6-21)22-3-7-28-26-23(22)12-24(29-26)18-4-8-30(14-18)20-15-32-16-20;1-33(30,31)24-7-4-18(14-19(24)16-26)21-8-9-27-25-22(21)15-23(28-25)17-2-5-20(6-3-17)29-10-12-32-13-11-29;1-32(30)24-7-4-18(14-19(24)16-26)21-8-9-27-25-22(21)15-23(28-25)17-2-5-20(6-3-17)29-10-12-31-13-11-29/h1-8,11-13,16-17,23H,9-10,14-15H2,(H,30,32);1-4,7,11-12,20-21H,5-6,8-10,14-16H2,(H,28,29);2-9,14-15H,10-13H2,1H3,(H,27,28);2-9,14-15H,10-13H2,1H3,(H,27,28). The number of hydrogen-bond acceptors (Lipinski definition) is 22. The number of aromatic nitrogens is 10. The minimum atomic E-state index is -3.48. The smallest absolute Gasteiger partial charge is 0.176 e. The van der Waals surface area contributed by atoms with E-state index in [1.807, 2.05) is 114 Å². The maximum absolute atomic E-state index is 12.0. The van der Waals surface area contributed by atoms with Gasteiger partial charge in [-0.2, -0.15) is 26.1 Å². The number of nitriles is 4. The first kappa shape index (κ1) is 87.6. The Morgan fingerprint density at radius 1 is 0.421 bits per heavy atom. The number of morpholine rings is 2. The summed E-state index contributed by atoms with van der Waals surface area (Å²) in [5.41, 5.74) is 24.2. The molecule has 29 heteroatoms. The van der Waals surface area contributed by atoms with Crippen molar-refractivity contribution in [2.45, 2.75) is 53.7 Å². The van der Waals surface area contributed by atoms with Crippen molar-refractivity contribution >= 4 is 81.7 Å². The van der Waals surface area contributed by atoms with Crippen LogP contribution in [0.25, 0.3) is 134 Å². The molecule has 15 heterocycles. The molecule has 7 aromatic carbocycles. The third-order valence-electron chi connectivity index (χ3n) is 24.9. The van der Waals surface area contributed by atoms with E-state index < -0.39 is 20.6 Å². The van der Waals surface area contributed by atoms with Crippen molar-refractivity contribution in [2.24, 2.45) is 0 Å². The predicted octanol–water partition coefficient (Wildman–Crippen LogP) is 17.6. The molecule has 0 amide bonds. The number of nitrogens with one attached hydrogen (secondary N) is 4. The van der Waals surface area contributed by atoms with E-state index in [0.29, 0.717) is 65.6 Å². The topological polar surface area (TPSA) is 353 Å². The van der Waals surface area contributed by atoms with Crippen LogP contribution in [-0.4, -0.2) is 203 Å². The van der Waals surface area contributed by atoms with Crippen LogP contribution in [0.4, 0.5) is 11.4 Å². The molecule has 27 nitrogen and oxygen atoms in total. The minimum Gasteiger partial charge on any atom is -0.489 e. The van der Waals surface area contributed by atoms with Gasteiger partial charge in [0.2, 0.25) is 0 Å². The van der Waals surface area contributed by atoms with Gasteiger partial charge >= 0.3 is 0 Å². The van der Waals surface area contributed by atoms with E-state index in [4.69, 9.17) is 33.2 Å². The lowest BCUT2D eigenvalue weighted by atomic mass is 10.0. The Hall–Kier alpha value is -14.7. The zero-order valence-electron chi connectivity index (χ0n) is 73.2. The van der Waals surface area contributed by atoms with Crippen LogP contribution in [-0.2, 0) is 44.3 Å². The van der Waals surface area contributed by atoms with Crippen LogP contribution in [0.15, 0.2) is 253 Å². The average molecular weight is 1810 g/mol. The van der Waals surface area contributed by atoms with E-state index in [1.54, 1.807) is 55.3 Å². The van der Waals surface area contributed by atoms with Crippen LogP contribution >= 0.6 is 0 Å². The zero-order chi connectivity index (χ0) is 90.9. The fourth-order valence-electron chi connectivity index (χ4n) is 17.7. The highest BCUT2D eigenvalue weighted by Gasteiger charge is 2.31. The average Bonchev–Trinajstić information content (AvgIpc) is 1.65. The van der Waals surface area contributed by atoms with Crippen molar-refractivity contribution in [2.75, 3.05) is 128 Å². The summed E-state index contributed by atoms with van der Waals surface area (Å²) in [6.07, 6.45) is 19.3. The third kappa shape index (κ3) is 19.4. The molecule has 0 saturated carbocycles. The number of benzene rings is 7. The highest BCUT2D eigenvalue weighted by Crippen LogP contribution is 2.41. The molecule has 0 radical (unpaired) electrons. The lowest BCUT2D eigenvalue weighted by Crippen LogP contribution is -2.47. The number of ether oxygens (including phenoxy) is 7. The number of fused-ring (bicyclic) bond motifs is 4. The van der Waals surface area contributed by atoms with Crippen LogP contribution in [0.5, 0.6) is 11.5 Å². The van der Waals surface area contributed by atoms with Gasteiger partial charge in [-0.1, -0.05) is 66.7 Å². The molecular weight excluding hydrogens is 1710 g/mol. The maximum atomic E-state index is 12.0. The number of hydrogen-bond donors (Lipinski definition) is 4. The number of aromatic amines is 4. The number of sulfone groups is 1. The van der Waals surface area contributed by atoms with E-state index in [0.717, 1.165) is 245 Å². The van der Waals surface area contributed by atoms with Gasteiger partial charge in [0, 0.05) is 170 Å². The molecule has 22 rings (SSSR count).